The Morgan fingerprint density at radius 1 is 0.880 bits per heavy atom. The first-order valence-electron chi connectivity index (χ1n) is 7.08. The molecule has 3 rings (SSSR count). The van der Waals surface area contributed by atoms with Crippen molar-refractivity contribution in [1.82, 2.24) is 10.2 Å². The van der Waals surface area contributed by atoms with Crippen LogP contribution in [-0.4, -0.2) is 18.6 Å². The highest BCUT2D eigenvalue weighted by molar-refractivity contribution is 7.92. The van der Waals surface area contributed by atoms with Crippen LogP contribution in [0.25, 0.3) is 0 Å². The van der Waals surface area contributed by atoms with Crippen LogP contribution in [0.2, 0.25) is 5.02 Å². The van der Waals surface area contributed by atoms with Gasteiger partial charge in [-0.3, -0.25) is 4.72 Å². The summed E-state index contributed by atoms with van der Waals surface area (Å²) < 4.78 is 40.5. The maximum Gasteiger partial charge on any atom is 0.264 e. The molecule has 25 heavy (non-hydrogen) atoms. The van der Waals surface area contributed by atoms with Crippen molar-refractivity contribution in [3.63, 3.8) is 0 Å². The first-order valence-corrected chi connectivity index (χ1v) is 8.94. The average molecular weight is 379 g/mol. The summed E-state index contributed by atoms with van der Waals surface area (Å²) in [6.07, 6.45) is 0. The van der Waals surface area contributed by atoms with Crippen LogP contribution in [0.3, 0.4) is 0 Å². The quantitative estimate of drug-likeness (QED) is 0.705. The van der Waals surface area contributed by atoms with E-state index in [0.29, 0.717) is 0 Å². The molecule has 0 aliphatic heterocycles. The summed E-state index contributed by atoms with van der Waals surface area (Å²) in [6.45, 7) is 0. The summed E-state index contributed by atoms with van der Waals surface area (Å²) in [5.74, 6) is -0.155. The highest BCUT2D eigenvalue weighted by Gasteiger charge is 2.18. The van der Waals surface area contributed by atoms with Gasteiger partial charge in [-0.25, -0.2) is 12.8 Å². The van der Waals surface area contributed by atoms with Crippen LogP contribution in [0.4, 0.5) is 21.7 Å². The molecule has 1 aromatic heterocycles. The van der Waals surface area contributed by atoms with Gasteiger partial charge in [0.1, 0.15) is 10.7 Å². The van der Waals surface area contributed by atoms with E-state index < -0.39 is 15.8 Å². The van der Waals surface area contributed by atoms with Crippen LogP contribution in [-0.2, 0) is 10.0 Å². The minimum Gasteiger partial charge on any atom is -0.336 e. The lowest BCUT2D eigenvalue weighted by Crippen LogP contribution is -2.14. The van der Waals surface area contributed by atoms with Gasteiger partial charge in [-0.05, 0) is 36.4 Å². The number of hydrogen-bond acceptors (Lipinski definition) is 5. The van der Waals surface area contributed by atoms with E-state index in [9.17, 15) is 12.8 Å². The molecule has 9 heteroatoms. The van der Waals surface area contributed by atoms with E-state index in [2.05, 4.69) is 20.2 Å². The second-order valence-corrected chi connectivity index (χ2v) is 7.00. The number of sulfonamides is 1. The lowest BCUT2D eigenvalue weighted by Gasteiger charge is -2.09. The Balaban J connectivity index is 1.77. The number of nitrogens with zero attached hydrogens (tertiary/aromatic N) is 2. The number of nitrogens with one attached hydrogen (secondary N) is 2. The number of benzene rings is 2. The summed E-state index contributed by atoms with van der Waals surface area (Å²) in [4.78, 5) is -0.0629. The molecule has 0 spiro atoms. The maximum atomic E-state index is 13.6. The molecule has 0 amide bonds. The van der Waals surface area contributed by atoms with Crippen molar-refractivity contribution in [3.8, 4) is 0 Å². The second-order valence-electron chi connectivity index (χ2n) is 4.94. The Kier molecular flexibility index (Phi) is 4.82. The molecule has 2 aromatic carbocycles. The smallest absolute Gasteiger partial charge is 0.264 e. The van der Waals surface area contributed by atoms with Crippen LogP contribution in [0.15, 0.2) is 65.6 Å². The standard InChI is InChI=1S/C16H12ClFN4O2S/c17-11-5-1-4-8-14(11)25(23,24)22-16-10-9-15(20-21-16)19-13-7-3-2-6-12(13)18/h1-10H,(H,19,20)(H,21,22). The van der Waals surface area contributed by atoms with E-state index in [0.717, 1.165) is 0 Å². The van der Waals surface area contributed by atoms with E-state index in [-0.39, 0.29) is 27.2 Å². The fourth-order valence-corrected chi connectivity index (χ4v) is 3.53. The largest absolute Gasteiger partial charge is 0.336 e. The van der Waals surface area contributed by atoms with Gasteiger partial charge in [0.25, 0.3) is 10.0 Å². The van der Waals surface area contributed by atoms with Crippen molar-refractivity contribution in [2.75, 3.05) is 10.0 Å². The molecule has 0 saturated carbocycles. The molecule has 128 valence electrons. The molecule has 0 bridgehead atoms. The third-order valence-electron chi connectivity index (χ3n) is 3.17. The molecule has 1 heterocycles. The molecule has 3 aromatic rings. The number of anilines is 3. The minimum absolute atomic E-state index is 0.0130. The van der Waals surface area contributed by atoms with Crippen molar-refractivity contribution in [3.05, 3.63) is 71.5 Å². The van der Waals surface area contributed by atoms with Crippen molar-refractivity contribution in [2.24, 2.45) is 0 Å². The lowest BCUT2D eigenvalue weighted by atomic mass is 10.3. The van der Waals surface area contributed by atoms with Gasteiger partial charge in [0.2, 0.25) is 0 Å². The number of hydrogen-bond donors (Lipinski definition) is 2. The van der Waals surface area contributed by atoms with Gasteiger partial charge in [0.15, 0.2) is 11.6 Å². The fourth-order valence-electron chi connectivity index (χ4n) is 2.01. The average Bonchev–Trinajstić information content (AvgIpc) is 2.58. The zero-order valence-corrected chi connectivity index (χ0v) is 14.2. The molecule has 6 nitrogen and oxygen atoms in total. The highest BCUT2D eigenvalue weighted by Crippen LogP contribution is 2.23. The predicted molar refractivity (Wildman–Crippen MR) is 94.0 cm³/mol. The molecule has 0 aliphatic rings. The number of para-hydroxylation sites is 1. The third kappa shape index (κ3) is 4.04. The van der Waals surface area contributed by atoms with Crippen LogP contribution < -0.4 is 10.0 Å². The Hall–Kier alpha value is -2.71. The van der Waals surface area contributed by atoms with Crippen molar-refractivity contribution in [2.45, 2.75) is 4.90 Å². The fraction of sp³-hybridized carbons (Fsp3) is 0. The number of aromatic nitrogens is 2. The van der Waals surface area contributed by atoms with Crippen molar-refractivity contribution in [1.29, 1.82) is 0 Å². The highest BCUT2D eigenvalue weighted by atomic mass is 35.5. The molecule has 0 aliphatic carbocycles. The van der Waals surface area contributed by atoms with Gasteiger partial charge in [0, 0.05) is 0 Å². The number of rotatable bonds is 5. The van der Waals surface area contributed by atoms with Gasteiger partial charge in [-0.2, -0.15) is 0 Å². The molecule has 0 atom stereocenters. The summed E-state index contributed by atoms with van der Waals surface area (Å²) in [7, 11) is -3.89. The topological polar surface area (TPSA) is 84.0 Å². The number of halogens is 2. The monoisotopic (exact) mass is 378 g/mol. The van der Waals surface area contributed by atoms with Gasteiger partial charge >= 0.3 is 0 Å². The SMILES string of the molecule is O=S(=O)(Nc1ccc(Nc2ccccc2F)nn1)c1ccccc1Cl. The summed E-state index contributed by atoms with van der Waals surface area (Å²) >= 11 is 5.90. The molecular weight excluding hydrogens is 367 g/mol. The van der Waals surface area contributed by atoms with Crippen LogP contribution in [0.1, 0.15) is 0 Å². The molecule has 0 fully saturated rings. The van der Waals surface area contributed by atoms with Gasteiger partial charge in [0.05, 0.1) is 10.7 Å². The normalized spacial score (nSPS) is 11.1. The van der Waals surface area contributed by atoms with Crippen LogP contribution in [0, 0.1) is 5.82 Å². The Labute approximate surface area is 148 Å². The van der Waals surface area contributed by atoms with E-state index in [1.165, 1.54) is 30.3 Å². The first kappa shape index (κ1) is 17.1. The Bertz CT molecular complexity index is 997. The molecular formula is C16H12ClFN4O2S. The maximum absolute atomic E-state index is 13.6. The molecule has 0 saturated heterocycles. The zero-order valence-electron chi connectivity index (χ0n) is 12.6. The summed E-state index contributed by atoms with van der Waals surface area (Å²) in [5.41, 5.74) is 0.237. The van der Waals surface area contributed by atoms with Crippen LogP contribution in [0.5, 0.6) is 0 Å². The predicted octanol–water partition coefficient (Wildman–Crippen LogP) is 3.81. The first-order chi connectivity index (χ1) is 12.0. The Morgan fingerprint density at radius 3 is 2.20 bits per heavy atom. The summed E-state index contributed by atoms with van der Waals surface area (Å²) in [6, 6.07) is 15.0. The minimum atomic E-state index is -3.89. The third-order valence-corrected chi connectivity index (χ3v) is 5.02. The van der Waals surface area contributed by atoms with E-state index in [4.69, 9.17) is 11.6 Å². The van der Waals surface area contributed by atoms with Crippen molar-refractivity contribution >= 4 is 38.9 Å². The van der Waals surface area contributed by atoms with E-state index in [1.807, 2.05) is 0 Å². The van der Waals surface area contributed by atoms with E-state index >= 15 is 0 Å². The van der Waals surface area contributed by atoms with E-state index in [1.54, 1.807) is 30.3 Å². The molecule has 0 unspecified atom stereocenters. The molecule has 2 N–H and O–H groups in total. The molecule has 0 radical (unpaired) electrons. The second kappa shape index (κ2) is 7.04. The van der Waals surface area contributed by atoms with Gasteiger partial charge in [-0.1, -0.05) is 35.9 Å². The summed E-state index contributed by atoms with van der Waals surface area (Å²) in [5, 5.41) is 10.5. The Morgan fingerprint density at radius 2 is 1.52 bits per heavy atom. The van der Waals surface area contributed by atoms with Gasteiger partial charge in [-0.15, -0.1) is 10.2 Å². The van der Waals surface area contributed by atoms with Gasteiger partial charge < -0.3 is 5.32 Å². The lowest BCUT2D eigenvalue weighted by molar-refractivity contribution is 0.601. The van der Waals surface area contributed by atoms with Crippen molar-refractivity contribution < 1.29 is 12.8 Å². The zero-order chi connectivity index (χ0) is 17.9. The van der Waals surface area contributed by atoms with Crippen LogP contribution >= 0.6 is 11.6 Å².